The number of hydrogen-bond donors (Lipinski definition) is 1. The first kappa shape index (κ1) is 11.2. The molecule has 1 N–H and O–H groups in total. The van der Waals surface area contributed by atoms with E-state index in [1.807, 2.05) is 0 Å². The lowest BCUT2D eigenvalue weighted by Crippen LogP contribution is -1.95. The van der Waals surface area contributed by atoms with E-state index in [1.54, 1.807) is 0 Å². The average Bonchev–Trinajstić information content (AvgIpc) is 2.19. The van der Waals surface area contributed by atoms with Crippen LogP contribution in [-0.4, -0.2) is 18.2 Å². The summed E-state index contributed by atoms with van der Waals surface area (Å²) in [5.41, 5.74) is 0.166. The van der Waals surface area contributed by atoms with E-state index in [0.717, 1.165) is 18.2 Å². The summed E-state index contributed by atoms with van der Waals surface area (Å²) in [5, 5.41) is 8.37. The van der Waals surface area contributed by atoms with E-state index in [-0.39, 0.29) is 11.3 Å². The van der Waals surface area contributed by atoms with Crippen LogP contribution in [0.15, 0.2) is 18.2 Å². The maximum Gasteiger partial charge on any atom is 0.328 e. The van der Waals surface area contributed by atoms with Crippen LogP contribution in [0.25, 0.3) is 6.08 Å². The Morgan fingerprint density at radius 2 is 2.13 bits per heavy atom. The Kier molecular flexibility index (Phi) is 3.38. The molecule has 0 spiro atoms. The molecule has 0 fully saturated rings. The van der Waals surface area contributed by atoms with Crippen molar-refractivity contribution in [2.45, 2.75) is 0 Å². The maximum atomic E-state index is 13.1. The fourth-order valence-corrected chi connectivity index (χ4v) is 1.05. The lowest BCUT2D eigenvalue weighted by atomic mass is 10.1. The van der Waals surface area contributed by atoms with Gasteiger partial charge in [-0.05, 0) is 18.2 Å². The van der Waals surface area contributed by atoms with Crippen LogP contribution in [0, 0.1) is 11.6 Å². The lowest BCUT2D eigenvalue weighted by Gasteiger charge is -2.05. The van der Waals surface area contributed by atoms with Gasteiger partial charge in [0.1, 0.15) is 0 Å². The Balaban J connectivity index is 3.19. The van der Waals surface area contributed by atoms with Gasteiger partial charge in [0.2, 0.25) is 5.82 Å². The highest BCUT2D eigenvalue weighted by Gasteiger charge is 2.12. The molecule has 0 aliphatic rings. The van der Waals surface area contributed by atoms with E-state index < -0.39 is 17.6 Å². The minimum Gasteiger partial charge on any atom is -0.493 e. The Hall–Kier alpha value is -1.91. The van der Waals surface area contributed by atoms with Crippen LogP contribution < -0.4 is 4.74 Å². The molecule has 0 heterocycles. The van der Waals surface area contributed by atoms with Crippen molar-refractivity contribution in [2.24, 2.45) is 0 Å². The van der Waals surface area contributed by atoms with E-state index in [9.17, 15) is 13.6 Å². The SMILES string of the molecule is COc1c(/C=C/C(=O)O)ccc(F)c1F. The van der Waals surface area contributed by atoms with Gasteiger partial charge in [0.25, 0.3) is 0 Å². The maximum absolute atomic E-state index is 13.1. The summed E-state index contributed by atoms with van der Waals surface area (Å²) in [4.78, 5) is 10.2. The van der Waals surface area contributed by atoms with E-state index in [1.165, 1.54) is 13.2 Å². The molecule has 0 unspecified atom stereocenters. The average molecular weight is 214 g/mol. The summed E-state index contributed by atoms with van der Waals surface area (Å²) in [6.07, 6.45) is 1.94. The van der Waals surface area contributed by atoms with Gasteiger partial charge in [-0.15, -0.1) is 0 Å². The second-order valence-corrected chi connectivity index (χ2v) is 2.66. The minimum absolute atomic E-state index is 0.166. The Bertz CT molecular complexity index is 413. The molecule has 80 valence electrons. The second-order valence-electron chi connectivity index (χ2n) is 2.66. The van der Waals surface area contributed by atoms with Gasteiger partial charge in [0.15, 0.2) is 11.6 Å². The van der Waals surface area contributed by atoms with Crippen molar-refractivity contribution in [3.05, 3.63) is 35.4 Å². The number of rotatable bonds is 3. The van der Waals surface area contributed by atoms with Crippen LogP contribution in [-0.2, 0) is 4.79 Å². The topological polar surface area (TPSA) is 46.5 Å². The molecule has 0 saturated carbocycles. The standard InChI is InChI=1S/C10H8F2O3/c1-15-10-6(3-5-8(13)14)2-4-7(11)9(10)12/h2-5H,1H3,(H,13,14)/b5-3+. The third-order valence-electron chi connectivity index (χ3n) is 1.69. The lowest BCUT2D eigenvalue weighted by molar-refractivity contribution is -0.131. The second kappa shape index (κ2) is 4.54. The van der Waals surface area contributed by atoms with Crippen LogP contribution in [0.2, 0.25) is 0 Å². The molecule has 0 bridgehead atoms. The van der Waals surface area contributed by atoms with Crippen molar-refractivity contribution >= 4 is 12.0 Å². The fraction of sp³-hybridized carbons (Fsp3) is 0.100. The minimum atomic E-state index is -1.18. The number of methoxy groups -OCH3 is 1. The molecule has 15 heavy (non-hydrogen) atoms. The predicted molar refractivity (Wildman–Crippen MR) is 49.6 cm³/mol. The van der Waals surface area contributed by atoms with Gasteiger partial charge in [-0.3, -0.25) is 0 Å². The van der Waals surface area contributed by atoms with Crippen molar-refractivity contribution < 1.29 is 23.4 Å². The monoisotopic (exact) mass is 214 g/mol. The van der Waals surface area contributed by atoms with Crippen molar-refractivity contribution in [3.8, 4) is 5.75 Å². The van der Waals surface area contributed by atoms with Gasteiger partial charge >= 0.3 is 5.97 Å². The van der Waals surface area contributed by atoms with Crippen molar-refractivity contribution in [2.75, 3.05) is 7.11 Å². The number of carbonyl (C=O) groups is 1. The normalized spacial score (nSPS) is 10.6. The Morgan fingerprint density at radius 3 is 2.67 bits per heavy atom. The molecule has 5 heteroatoms. The number of ether oxygens (including phenoxy) is 1. The highest BCUT2D eigenvalue weighted by molar-refractivity contribution is 5.85. The summed E-state index contributed by atoms with van der Waals surface area (Å²) < 4.78 is 30.5. The molecule has 0 amide bonds. The Morgan fingerprint density at radius 1 is 1.47 bits per heavy atom. The third kappa shape index (κ3) is 2.52. The first-order chi connectivity index (χ1) is 7.06. The van der Waals surface area contributed by atoms with Gasteiger partial charge in [-0.25, -0.2) is 9.18 Å². The van der Waals surface area contributed by atoms with Crippen molar-refractivity contribution in [3.63, 3.8) is 0 Å². The van der Waals surface area contributed by atoms with Gasteiger partial charge in [-0.2, -0.15) is 4.39 Å². The highest BCUT2D eigenvalue weighted by atomic mass is 19.2. The largest absolute Gasteiger partial charge is 0.493 e. The van der Waals surface area contributed by atoms with E-state index >= 15 is 0 Å². The summed E-state index contributed by atoms with van der Waals surface area (Å²) in [5.74, 6) is -3.67. The summed E-state index contributed by atoms with van der Waals surface area (Å²) in [6, 6.07) is 2.13. The van der Waals surface area contributed by atoms with Gasteiger partial charge < -0.3 is 9.84 Å². The molecule has 1 aromatic rings. The molecule has 0 aliphatic heterocycles. The number of hydrogen-bond acceptors (Lipinski definition) is 2. The molecule has 0 aromatic heterocycles. The van der Waals surface area contributed by atoms with E-state index in [0.29, 0.717) is 0 Å². The number of benzene rings is 1. The van der Waals surface area contributed by atoms with Crippen LogP contribution in [0.5, 0.6) is 5.75 Å². The van der Waals surface area contributed by atoms with Crippen LogP contribution in [0.3, 0.4) is 0 Å². The molecular formula is C10H8F2O3. The smallest absolute Gasteiger partial charge is 0.328 e. The van der Waals surface area contributed by atoms with Crippen LogP contribution in [0.1, 0.15) is 5.56 Å². The summed E-state index contributed by atoms with van der Waals surface area (Å²) >= 11 is 0. The number of carboxylic acid groups (broad SMARTS) is 1. The summed E-state index contributed by atoms with van der Waals surface area (Å²) in [6.45, 7) is 0. The molecule has 0 radical (unpaired) electrons. The van der Waals surface area contributed by atoms with Crippen molar-refractivity contribution in [1.82, 2.24) is 0 Å². The van der Waals surface area contributed by atoms with Gasteiger partial charge in [-0.1, -0.05) is 0 Å². The number of aliphatic carboxylic acids is 1. The zero-order chi connectivity index (χ0) is 11.4. The number of carboxylic acids is 1. The van der Waals surface area contributed by atoms with E-state index in [4.69, 9.17) is 5.11 Å². The highest BCUT2D eigenvalue weighted by Crippen LogP contribution is 2.25. The molecule has 0 aliphatic carbocycles. The molecule has 0 saturated heterocycles. The predicted octanol–water partition coefficient (Wildman–Crippen LogP) is 2.07. The van der Waals surface area contributed by atoms with E-state index in [2.05, 4.69) is 4.74 Å². The van der Waals surface area contributed by atoms with Gasteiger partial charge in [0, 0.05) is 11.6 Å². The summed E-state index contributed by atoms with van der Waals surface area (Å²) in [7, 11) is 1.18. The fourth-order valence-electron chi connectivity index (χ4n) is 1.05. The quantitative estimate of drug-likeness (QED) is 0.783. The third-order valence-corrected chi connectivity index (χ3v) is 1.69. The van der Waals surface area contributed by atoms with Gasteiger partial charge in [0.05, 0.1) is 7.11 Å². The first-order valence-electron chi connectivity index (χ1n) is 3.99. The first-order valence-corrected chi connectivity index (χ1v) is 3.99. The molecule has 0 atom stereocenters. The zero-order valence-electron chi connectivity index (χ0n) is 7.83. The van der Waals surface area contributed by atoms with Crippen molar-refractivity contribution in [1.29, 1.82) is 0 Å². The molecular weight excluding hydrogens is 206 g/mol. The molecule has 3 nitrogen and oxygen atoms in total. The molecule has 1 aromatic carbocycles. The Labute approximate surface area is 84.6 Å². The van der Waals surface area contributed by atoms with Crippen LogP contribution >= 0.6 is 0 Å². The number of halogens is 2. The van der Waals surface area contributed by atoms with Crippen LogP contribution in [0.4, 0.5) is 8.78 Å². The zero-order valence-corrected chi connectivity index (χ0v) is 7.83. The molecule has 1 rings (SSSR count).